The number of thioether (sulfide) groups is 1. The van der Waals surface area contributed by atoms with Crippen LogP contribution in [-0.4, -0.2) is 69.3 Å². The Balaban J connectivity index is 0.00000506. The van der Waals surface area contributed by atoms with E-state index in [-0.39, 0.29) is 48.7 Å². The fourth-order valence-corrected chi connectivity index (χ4v) is 6.17. The molecule has 0 aliphatic carbocycles. The van der Waals surface area contributed by atoms with Crippen molar-refractivity contribution in [3.05, 3.63) is 94.5 Å². The number of aromatic hydroxyl groups is 1. The van der Waals surface area contributed by atoms with Crippen LogP contribution >= 0.6 is 11.8 Å². The number of nitrogens with zero attached hydrogens (tertiary/aromatic N) is 1. The van der Waals surface area contributed by atoms with Crippen molar-refractivity contribution in [3.8, 4) is 11.5 Å². The first kappa shape index (κ1) is 33.5. The molecule has 0 aromatic heterocycles. The van der Waals surface area contributed by atoms with Crippen molar-refractivity contribution in [2.24, 2.45) is 0 Å². The molecule has 0 radical (unpaired) electrons. The summed E-state index contributed by atoms with van der Waals surface area (Å²) < 4.78 is 5.25. The maximum atomic E-state index is 13.8. The number of benzene rings is 3. The minimum atomic E-state index is -1.62. The molecular formula is C33H41N3O6S. The van der Waals surface area contributed by atoms with Crippen LogP contribution in [0.2, 0.25) is 0 Å². The van der Waals surface area contributed by atoms with E-state index in [1.807, 2.05) is 61.5 Å². The third-order valence-corrected chi connectivity index (χ3v) is 8.75. The van der Waals surface area contributed by atoms with Crippen molar-refractivity contribution in [1.82, 2.24) is 15.5 Å². The molecule has 10 heteroatoms. The Hall–Kier alpha value is -4.02. The number of carbonyl (C=O) groups is 3. The fourth-order valence-electron chi connectivity index (χ4n) is 5.03. The number of aryl methyl sites for hydroxylation is 1. The molecular weight excluding hydrogens is 566 g/mol. The fraction of sp³-hybridized carbons (Fsp3) is 0.364. The lowest BCUT2D eigenvalue weighted by Gasteiger charge is -2.31. The van der Waals surface area contributed by atoms with E-state index in [1.54, 1.807) is 33.1 Å². The highest BCUT2D eigenvalue weighted by Crippen LogP contribution is 2.30. The largest absolute Gasteiger partial charge is 0.507 e. The molecule has 230 valence electrons. The molecule has 3 aromatic rings. The normalized spacial score (nSPS) is 17.4. The minimum absolute atomic E-state index is 0. The Kier molecular flexibility index (Phi) is 11.6. The number of aliphatic hydroxyl groups excluding tert-OH is 1. The highest BCUT2D eigenvalue weighted by atomic mass is 32.2. The predicted octanol–water partition coefficient (Wildman–Crippen LogP) is 3.96. The number of rotatable bonds is 10. The molecule has 4 rings (SSSR count). The number of hydrogen-bond donors (Lipinski definition) is 4. The van der Waals surface area contributed by atoms with Gasteiger partial charge in [-0.1, -0.05) is 62.9 Å². The Bertz CT molecular complexity index is 1430. The summed E-state index contributed by atoms with van der Waals surface area (Å²) >= 11 is 1.44. The summed E-state index contributed by atoms with van der Waals surface area (Å²) in [4.78, 5) is 41.8. The molecule has 3 amide bonds. The van der Waals surface area contributed by atoms with Crippen molar-refractivity contribution in [1.29, 1.82) is 0 Å². The zero-order valence-electron chi connectivity index (χ0n) is 24.2. The molecule has 1 saturated heterocycles. The van der Waals surface area contributed by atoms with Gasteiger partial charge in [0.1, 0.15) is 17.5 Å². The SMILES string of the molecule is C.COc1cccc(CNC(=O)C2[C@H](C)SCN2C(=O)[C@@H](O)[C@H](Cc2ccccc2)NC(=O)c2ccc(C)c(O)c2C)c1. The quantitative estimate of drug-likeness (QED) is 0.275. The molecule has 3 aromatic carbocycles. The number of phenols is 1. The van der Waals surface area contributed by atoms with Gasteiger partial charge in [-0.05, 0) is 55.2 Å². The van der Waals surface area contributed by atoms with Crippen molar-refractivity contribution < 1.29 is 29.3 Å². The predicted molar refractivity (Wildman–Crippen MR) is 169 cm³/mol. The van der Waals surface area contributed by atoms with Gasteiger partial charge >= 0.3 is 0 Å². The van der Waals surface area contributed by atoms with Gasteiger partial charge in [-0.15, -0.1) is 11.8 Å². The van der Waals surface area contributed by atoms with Crippen molar-refractivity contribution in [2.45, 2.75) is 64.6 Å². The maximum absolute atomic E-state index is 13.8. The first-order valence-electron chi connectivity index (χ1n) is 13.8. The average molecular weight is 608 g/mol. The molecule has 4 atom stereocenters. The van der Waals surface area contributed by atoms with Crippen LogP contribution < -0.4 is 15.4 Å². The summed E-state index contributed by atoms with van der Waals surface area (Å²) in [5.41, 5.74) is 2.95. The molecule has 0 saturated carbocycles. The number of nitrogens with one attached hydrogen (secondary N) is 2. The van der Waals surface area contributed by atoms with Crippen LogP contribution in [0.3, 0.4) is 0 Å². The summed E-state index contributed by atoms with van der Waals surface area (Å²) in [5, 5.41) is 27.3. The summed E-state index contributed by atoms with van der Waals surface area (Å²) in [7, 11) is 1.57. The van der Waals surface area contributed by atoms with Crippen LogP contribution in [0.4, 0.5) is 0 Å². The molecule has 9 nitrogen and oxygen atoms in total. The van der Waals surface area contributed by atoms with Crippen molar-refractivity contribution in [3.63, 3.8) is 0 Å². The number of amides is 3. The van der Waals surface area contributed by atoms with Crippen molar-refractivity contribution in [2.75, 3.05) is 13.0 Å². The first-order valence-corrected chi connectivity index (χ1v) is 14.8. The summed E-state index contributed by atoms with van der Waals surface area (Å²) in [5.74, 6) is -0.569. The van der Waals surface area contributed by atoms with E-state index in [1.165, 1.54) is 16.7 Å². The van der Waals surface area contributed by atoms with Gasteiger partial charge in [-0.2, -0.15) is 0 Å². The Morgan fingerprint density at radius 2 is 1.74 bits per heavy atom. The molecule has 1 aliphatic rings. The van der Waals surface area contributed by atoms with Gasteiger partial charge in [0.15, 0.2) is 6.10 Å². The van der Waals surface area contributed by atoms with E-state index in [0.717, 1.165) is 11.1 Å². The maximum Gasteiger partial charge on any atom is 0.254 e. The van der Waals surface area contributed by atoms with Crippen LogP contribution in [-0.2, 0) is 22.6 Å². The van der Waals surface area contributed by atoms with Crippen LogP contribution in [0, 0.1) is 13.8 Å². The number of methoxy groups -OCH3 is 1. The Labute approximate surface area is 257 Å². The third-order valence-electron chi connectivity index (χ3n) is 7.54. The zero-order valence-corrected chi connectivity index (χ0v) is 25.0. The number of phenolic OH excluding ortho intramolecular Hbond substituents is 1. The lowest BCUT2D eigenvalue weighted by molar-refractivity contribution is -0.146. The van der Waals surface area contributed by atoms with Crippen LogP contribution in [0.15, 0.2) is 66.7 Å². The van der Waals surface area contributed by atoms with Crippen LogP contribution in [0.1, 0.15) is 47.0 Å². The highest BCUT2D eigenvalue weighted by Gasteiger charge is 2.43. The van der Waals surface area contributed by atoms with Gasteiger partial charge in [0, 0.05) is 22.9 Å². The van der Waals surface area contributed by atoms with E-state index in [9.17, 15) is 24.6 Å². The van der Waals surface area contributed by atoms with Gasteiger partial charge in [-0.3, -0.25) is 14.4 Å². The Morgan fingerprint density at radius 3 is 2.44 bits per heavy atom. The molecule has 0 bridgehead atoms. The van der Waals surface area contributed by atoms with Gasteiger partial charge in [0.05, 0.1) is 19.0 Å². The van der Waals surface area contributed by atoms with E-state index in [0.29, 0.717) is 16.9 Å². The van der Waals surface area contributed by atoms with E-state index >= 15 is 0 Å². The Morgan fingerprint density at radius 1 is 1.05 bits per heavy atom. The average Bonchev–Trinajstić information content (AvgIpc) is 3.39. The highest BCUT2D eigenvalue weighted by molar-refractivity contribution is 8.00. The van der Waals surface area contributed by atoms with Gasteiger partial charge < -0.3 is 30.5 Å². The zero-order chi connectivity index (χ0) is 30.4. The summed E-state index contributed by atoms with van der Waals surface area (Å²) in [6, 6.07) is 18.0. The first-order chi connectivity index (χ1) is 20.1. The van der Waals surface area contributed by atoms with Crippen LogP contribution in [0.5, 0.6) is 11.5 Å². The third kappa shape index (κ3) is 7.88. The van der Waals surface area contributed by atoms with Crippen LogP contribution in [0.25, 0.3) is 0 Å². The number of carbonyl (C=O) groups excluding carboxylic acids is 3. The number of aliphatic hydroxyl groups is 1. The summed E-state index contributed by atoms with van der Waals surface area (Å²) in [6.45, 7) is 5.51. The lowest BCUT2D eigenvalue weighted by Crippen LogP contribution is -2.57. The second-order valence-electron chi connectivity index (χ2n) is 10.4. The minimum Gasteiger partial charge on any atom is -0.507 e. The molecule has 1 fully saturated rings. The van der Waals surface area contributed by atoms with E-state index in [4.69, 9.17) is 4.74 Å². The molecule has 1 unspecified atom stereocenters. The van der Waals surface area contributed by atoms with Crippen molar-refractivity contribution >= 4 is 29.5 Å². The van der Waals surface area contributed by atoms with Gasteiger partial charge in [-0.25, -0.2) is 0 Å². The monoisotopic (exact) mass is 607 g/mol. The smallest absolute Gasteiger partial charge is 0.254 e. The van der Waals surface area contributed by atoms with E-state index < -0.39 is 30.0 Å². The second kappa shape index (κ2) is 14.9. The second-order valence-corrected chi connectivity index (χ2v) is 11.8. The standard InChI is InChI=1S/C32H37N3O6S.CH4/c1-19-13-14-25(20(2)28(19)36)30(38)34-26(16-22-9-6-5-7-10-22)29(37)32(40)35-18-42-21(3)27(35)31(39)33-17-23-11-8-12-24(15-23)41-4;/h5-15,21,26-27,29,36-37H,16-18H2,1-4H3,(H,33,39)(H,34,38);1H4/t21-,26-,27?,29-;/m0./s1. The molecule has 1 aliphatic heterocycles. The number of hydrogen-bond acceptors (Lipinski definition) is 7. The number of ether oxygens (including phenoxy) is 1. The van der Waals surface area contributed by atoms with Gasteiger partial charge in [0.2, 0.25) is 5.91 Å². The molecule has 43 heavy (non-hydrogen) atoms. The molecule has 1 heterocycles. The van der Waals surface area contributed by atoms with E-state index in [2.05, 4.69) is 10.6 Å². The lowest BCUT2D eigenvalue weighted by atomic mass is 9.98. The van der Waals surface area contributed by atoms with Gasteiger partial charge in [0.25, 0.3) is 11.8 Å². The molecule has 0 spiro atoms. The summed E-state index contributed by atoms with van der Waals surface area (Å²) in [6.07, 6.45) is -1.44. The molecule has 4 N–H and O–H groups in total. The topological polar surface area (TPSA) is 128 Å².